The maximum absolute atomic E-state index is 12.2. The highest BCUT2D eigenvalue weighted by Gasteiger charge is 2.07. The Hall–Kier alpha value is -3.61. The van der Waals surface area contributed by atoms with Crippen molar-refractivity contribution in [2.75, 3.05) is 12.4 Å². The molecule has 0 saturated heterocycles. The zero-order valence-corrected chi connectivity index (χ0v) is 14.4. The molecule has 0 bridgehead atoms. The molecule has 3 aromatic rings. The lowest BCUT2D eigenvalue weighted by atomic mass is 10.0. The van der Waals surface area contributed by atoms with Gasteiger partial charge in [0.15, 0.2) is 11.5 Å². The van der Waals surface area contributed by atoms with Gasteiger partial charge in [-0.25, -0.2) is 0 Å². The van der Waals surface area contributed by atoms with E-state index in [0.717, 1.165) is 16.7 Å². The fourth-order valence-corrected chi connectivity index (χ4v) is 2.48. The Kier molecular flexibility index (Phi) is 4.98. The third-order valence-corrected chi connectivity index (χ3v) is 3.73. The number of phenolic OH excluding ortho intramolecular Hbond substituents is 1. The third kappa shape index (κ3) is 3.89. The Labute approximate surface area is 150 Å². The number of hydrogen-bond donors (Lipinski definition) is 2. The molecule has 3 rings (SSSR count). The number of phenols is 1. The molecule has 1 amide bonds. The number of amides is 1. The van der Waals surface area contributed by atoms with E-state index in [1.165, 1.54) is 19.3 Å². The number of ether oxygens (including phenoxy) is 1. The summed E-state index contributed by atoms with van der Waals surface area (Å²) >= 11 is 0. The van der Waals surface area contributed by atoms with Crippen LogP contribution in [0.1, 0.15) is 5.56 Å². The van der Waals surface area contributed by atoms with E-state index >= 15 is 0 Å². The molecule has 1 aromatic carbocycles. The van der Waals surface area contributed by atoms with Crippen LogP contribution in [0.15, 0.2) is 55.1 Å². The minimum Gasteiger partial charge on any atom is -0.504 e. The number of aromatic hydroxyl groups is 1. The lowest BCUT2D eigenvalue weighted by Gasteiger charge is -2.06. The van der Waals surface area contributed by atoms with Gasteiger partial charge in [-0.2, -0.15) is 5.10 Å². The first-order valence-corrected chi connectivity index (χ1v) is 7.86. The summed E-state index contributed by atoms with van der Waals surface area (Å²) in [6.45, 7) is 0. The Morgan fingerprint density at radius 1 is 1.31 bits per heavy atom. The number of rotatable bonds is 5. The molecule has 7 heteroatoms. The largest absolute Gasteiger partial charge is 0.504 e. The molecule has 2 N–H and O–H groups in total. The van der Waals surface area contributed by atoms with Gasteiger partial charge in [0, 0.05) is 54.6 Å². The van der Waals surface area contributed by atoms with Crippen molar-refractivity contribution in [1.82, 2.24) is 14.8 Å². The number of carbonyl (C=O) groups is 1. The normalized spacial score (nSPS) is 10.8. The number of nitrogens with zero attached hydrogens (tertiary/aromatic N) is 3. The van der Waals surface area contributed by atoms with Crippen molar-refractivity contribution in [3.8, 4) is 22.6 Å². The number of aromatic nitrogens is 3. The SMILES string of the molecule is COc1ccc(NC(=O)C=Cc2cnccc2-c2cnn(C)c2)cc1O. The molecule has 26 heavy (non-hydrogen) atoms. The van der Waals surface area contributed by atoms with Gasteiger partial charge in [-0.15, -0.1) is 0 Å². The van der Waals surface area contributed by atoms with E-state index in [9.17, 15) is 9.90 Å². The fourth-order valence-electron chi connectivity index (χ4n) is 2.48. The molecule has 0 spiro atoms. The smallest absolute Gasteiger partial charge is 0.248 e. The Morgan fingerprint density at radius 3 is 2.85 bits per heavy atom. The van der Waals surface area contributed by atoms with Crippen LogP contribution in [0.2, 0.25) is 0 Å². The zero-order valence-electron chi connectivity index (χ0n) is 14.4. The van der Waals surface area contributed by atoms with Crippen LogP contribution in [0.4, 0.5) is 5.69 Å². The summed E-state index contributed by atoms with van der Waals surface area (Å²) in [6, 6.07) is 6.53. The predicted molar refractivity (Wildman–Crippen MR) is 98.8 cm³/mol. The lowest BCUT2D eigenvalue weighted by Crippen LogP contribution is -2.07. The molecule has 0 saturated carbocycles. The quantitative estimate of drug-likeness (QED) is 0.691. The number of aryl methyl sites for hydroxylation is 1. The van der Waals surface area contributed by atoms with Crippen molar-refractivity contribution in [2.45, 2.75) is 0 Å². The molecule has 2 aromatic heterocycles. The third-order valence-electron chi connectivity index (χ3n) is 3.73. The van der Waals surface area contributed by atoms with Gasteiger partial charge < -0.3 is 15.2 Å². The van der Waals surface area contributed by atoms with Crippen molar-refractivity contribution in [3.05, 3.63) is 60.7 Å². The molecule has 2 heterocycles. The Morgan fingerprint density at radius 2 is 2.15 bits per heavy atom. The van der Waals surface area contributed by atoms with E-state index in [4.69, 9.17) is 4.74 Å². The molecule has 0 aliphatic carbocycles. The van der Waals surface area contributed by atoms with E-state index in [1.807, 2.05) is 19.3 Å². The summed E-state index contributed by atoms with van der Waals surface area (Å²) in [5, 5.41) is 16.6. The predicted octanol–water partition coefficient (Wildman–Crippen LogP) is 2.85. The average Bonchev–Trinajstić information content (AvgIpc) is 3.07. The number of anilines is 1. The molecule has 0 atom stereocenters. The molecule has 0 fully saturated rings. The first-order chi connectivity index (χ1) is 12.6. The topological polar surface area (TPSA) is 89.3 Å². The Balaban J connectivity index is 1.76. The van der Waals surface area contributed by atoms with E-state index in [0.29, 0.717) is 11.4 Å². The van der Waals surface area contributed by atoms with Crippen LogP contribution in [-0.2, 0) is 11.8 Å². The number of benzene rings is 1. The van der Waals surface area contributed by atoms with Gasteiger partial charge in [-0.1, -0.05) is 0 Å². The van der Waals surface area contributed by atoms with Crippen molar-refractivity contribution >= 4 is 17.7 Å². The number of carbonyl (C=O) groups excluding carboxylic acids is 1. The van der Waals surface area contributed by atoms with Crippen LogP contribution in [0.25, 0.3) is 17.2 Å². The van der Waals surface area contributed by atoms with E-state index in [-0.39, 0.29) is 11.7 Å². The monoisotopic (exact) mass is 350 g/mol. The second-order valence-corrected chi connectivity index (χ2v) is 5.57. The van der Waals surface area contributed by atoms with Gasteiger partial charge in [-0.3, -0.25) is 14.5 Å². The minimum absolute atomic E-state index is 0.0413. The molecule has 0 aliphatic heterocycles. The minimum atomic E-state index is -0.324. The van der Waals surface area contributed by atoms with Gasteiger partial charge in [-0.05, 0) is 29.8 Å². The maximum Gasteiger partial charge on any atom is 0.248 e. The summed E-state index contributed by atoms with van der Waals surface area (Å²) < 4.78 is 6.69. The first-order valence-electron chi connectivity index (χ1n) is 7.86. The lowest BCUT2D eigenvalue weighted by molar-refractivity contribution is -0.111. The Bertz CT molecular complexity index is 963. The standard InChI is InChI=1S/C19H18N4O3/c1-23-12-14(11-21-23)16-7-8-20-10-13(16)3-6-19(25)22-15-4-5-18(26-2)17(24)9-15/h3-12,24H,1-2H3,(H,22,25). The summed E-state index contributed by atoms with van der Waals surface area (Å²) in [5.74, 6) is -0.0222. The van der Waals surface area contributed by atoms with Crippen LogP contribution < -0.4 is 10.1 Å². The summed E-state index contributed by atoms with van der Waals surface area (Å²) in [6.07, 6.45) is 10.1. The van der Waals surface area contributed by atoms with Crippen molar-refractivity contribution < 1.29 is 14.6 Å². The van der Waals surface area contributed by atoms with Crippen molar-refractivity contribution in [1.29, 1.82) is 0 Å². The summed E-state index contributed by atoms with van der Waals surface area (Å²) in [5.41, 5.74) is 3.14. The second-order valence-electron chi connectivity index (χ2n) is 5.57. The first kappa shape index (κ1) is 17.2. The van der Waals surface area contributed by atoms with Gasteiger partial charge in [0.25, 0.3) is 0 Å². The highest BCUT2D eigenvalue weighted by atomic mass is 16.5. The van der Waals surface area contributed by atoms with Crippen LogP contribution in [0.3, 0.4) is 0 Å². The van der Waals surface area contributed by atoms with Crippen LogP contribution in [-0.4, -0.2) is 32.9 Å². The number of nitrogens with one attached hydrogen (secondary N) is 1. The molecule has 0 aliphatic rings. The van der Waals surface area contributed by atoms with Gasteiger partial charge in [0.2, 0.25) is 5.91 Å². The maximum atomic E-state index is 12.2. The molecular formula is C19H18N4O3. The molecule has 7 nitrogen and oxygen atoms in total. The molecule has 0 radical (unpaired) electrons. The highest BCUT2D eigenvalue weighted by Crippen LogP contribution is 2.28. The van der Waals surface area contributed by atoms with Gasteiger partial charge in [0.05, 0.1) is 13.3 Å². The van der Waals surface area contributed by atoms with Gasteiger partial charge in [0.1, 0.15) is 0 Å². The van der Waals surface area contributed by atoms with Crippen molar-refractivity contribution in [2.24, 2.45) is 7.05 Å². The van der Waals surface area contributed by atoms with E-state index in [1.54, 1.807) is 41.5 Å². The number of methoxy groups -OCH3 is 1. The van der Waals surface area contributed by atoms with Crippen LogP contribution in [0, 0.1) is 0 Å². The zero-order chi connectivity index (χ0) is 18.5. The molecule has 132 valence electrons. The number of pyridine rings is 1. The van der Waals surface area contributed by atoms with Crippen LogP contribution in [0.5, 0.6) is 11.5 Å². The fraction of sp³-hybridized carbons (Fsp3) is 0.105. The molecular weight excluding hydrogens is 332 g/mol. The highest BCUT2D eigenvalue weighted by molar-refractivity contribution is 6.02. The van der Waals surface area contributed by atoms with Crippen LogP contribution >= 0.6 is 0 Å². The second kappa shape index (κ2) is 7.52. The van der Waals surface area contributed by atoms with E-state index < -0.39 is 0 Å². The van der Waals surface area contributed by atoms with Gasteiger partial charge >= 0.3 is 0 Å². The summed E-state index contributed by atoms with van der Waals surface area (Å²) in [7, 11) is 3.31. The summed E-state index contributed by atoms with van der Waals surface area (Å²) in [4.78, 5) is 16.3. The molecule has 0 unspecified atom stereocenters. The van der Waals surface area contributed by atoms with E-state index in [2.05, 4.69) is 15.4 Å². The number of hydrogen-bond acceptors (Lipinski definition) is 5. The van der Waals surface area contributed by atoms with Crippen molar-refractivity contribution in [3.63, 3.8) is 0 Å². The average molecular weight is 350 g/mol.